The average Bonchev–Trinajstić information content (AvgIpc) is 3.39. The van der Waals surface area contributed by atoms with Crippen LogP contribution in [0.1, 0.15) is 17.5 Å². The van der Waals surface area contributed by atoms with Gasteiger partial charge in [-0.25, -0.2) is 30.2 Å². The van der Waals surface area contributed by atoms with Crippen molar-refractivity contribution < 1.29 is 10.1 Å². The smallest absolute Gasteiger partial charge is 0.271 e. The van der Waals surface area contributed by atoms with Crippen molar-refractivity contribution in [3.05, 3.63) is 78.3 Å². The van der Waals surface area contributed by atoms with E-state index in [9.17, 15) is 20.2 Å². The molecule has 2 fully saturated rings. The Morgan fingerprint density at radius 1 is 0.838 bits per heavy atom. The Bertz CT molecular complexity index is 1090. The number of nitro groups is 2. The maximum atomic E-state index is 11.1. The predicted molar refractivity (Wildman–Crippen MR) is 136 cm³/mol. The number of aromatic nitrogens is 2. The van der Waals surface area contributed by atoms with Gasteiger partial charge in [-0.1, -0.05) is 35.3 Å². The van der Waals surface area contributed by atoms with Crippen LogP contribution in [0, 0.1) is 20.2 Å². The number of nitrogens with zero attached hydrogens (tertiary/aromatic N) is 8. The van der Waals surface area contributed by atoms with Crippen molar-refractivity contribution in [3.63, 3.8) is 0 Å². The van der Waals surface area contributed by atoms with E-state index in [1.807, 2.05) is 21.9 Å². The van der Waals surface area contributed by atoms with Gasteiger partial charge in [-0.15, -0.1) is 0 Å². The third-order valence-electron chi connectivity index (χ3n) is 6.09. The van der Waals surface area contributed by atoms with Gasteiger partial charge in [0.25, 0.3) is 11.9 Å². The molecule has 2 aliphatic rings. The summed E-state index contributed by atoms with van der Waals surface area (Å²) in [4.78, 5) is 34.1. The fourth-order valence-electron chi connectivity index (χ4n) is 4.48. The molecule has 0 radical (unpaired) electrons. The van der Waals surface area contributed by atoms with Crippen LogP contribution in [0.4, 0.5) is 0 Å². The maximum absolute atomic E-state index is 11.1. The molecule has 2 atom stereocenters. The molecule has 2 aromatic rings. The second kappa shape index (κ2) is 12.0. The quantitative estimate of drug-likeness (QED) is 0.251. The Hall–Kier alpha value is -3.78. The number of hydrazone groups is 2. The van der Waals surface area contributed by atoms with E-state index >= 15 is 0 Å². The summed E-state index contributed by atoms with van der Waals surface area (Å²) in [6, 6.07) is 6.93. The summed E-state index contributed by atoms with van der Waals surface area (Å²) in [5.74, 6) is 0.360. The lowest BCUT2D eigenvalue weighted by molar-refractivity contribution is -0.485. The van der Waals surface area contributed by atoms with Crippen LogP contribution in [-0.2, 0) is 12.8 Å². The summed E-state index contributed by atoms with van der Waals surface area (Å²) in [5, 5.41) is 34.5. The molecular formula is C21H24Cl2N10O4. The number of rotatable bonds is 10. The third-order valence-corrected chi connectivity index (χ3v) is 6.54. The first kappa shape index (κ1) is 26.3. The monoisotopic (exact) mass is 550 g/mol. The van der Waals surface area contributed by atoms with Gasteiger partial charge in [-0.3, -0.25) is 0 Å². The third kappa shape index (κ3) is 7.13. The first-order valence-corrected chi connectivity index (χ1v) is 12.2. The van der Waals surface area contributed by atoms with E-state index in [-0.39, 0.29) is 24.0 Å². The van der Waals surface area contributed by atoms with Gasteiger partial charge in [0.1, 0.15) is 20.5 Å². The Balaban J connectivity index is 1.45. The Morgan fingerprint density at radius 3 is 1.62 bits per heavy atom. The van der Waals surface area contributed by atoms with Crippen LogP contribution >= 0.6 is 23.2 Å². The molecule has 14 nitrogen and oxygen atoms in total. The second-order valence-corrected chi connectivity index (χ2v) is 9.29. The van der Waals surface area contributed by atoms with Crippen molar-refractivity contribution in [3.8, 4) is 0 Å². The van der Waals surface area contributed by atoms with Crippen molar-refractivity contribution in [1.29, 1.82) is 0 Å². The van der Waals surface area contributed by atoms with Gasteiger partial charge in [0.2, 0.25) is 0 Å². The van der Waals surface area contributed by atoms with Gasteiger partial charge in [0, 0.05) is 38.6 Å². The number of nitrogens with one attached hydrogen (secondary N) is 2. The summed E-state index contributed by atoms with van der Waals surface area (Å²) in [6.07, 6.45) is 5.06. The zero-order valence-electron chi connectivity index (χ0n) is 19.5. The fraction of sp³-hybridized carbons (Fsp3) is 0.429. The van der Waals surface area contributed by atoms with E-state index in [1.54, 1.807) is 24.5 Å². The highest BCUT2D eigenvalue weighted by Gasteiger charge is 2.34. The van der Waals surface area contributed by atoms with Crippen LogP contribution in [0.2, 0.25) is 10.3 Å². The van der Waals surface area contributed by atoms with Crippen LogP contribution in [0.3, 0.4) is 0 Å². The van der Waals surface area contributed by atoms with Crippen LogP contribution in [0.5, 0.6) is 0 Å². The van der Waals surface area contributed by atoms with Crippen LogP contribution in [0.25, 0.3) is 0 Å². The minimum atomic E-state index is -0.732. The topological polar surface area (TPSA) is 167 Å². The van der Waals surface area contributed by atoms with Crippen molar-refractivity contribution in [2.24, 2.45) is 10.2 Å². The molecule has 2 unspecified atom stereocenters. The number of hydrogen-bond donors (Lipinski definition) is 2. The van der Waals surface area contributed by atoms with E-state index in [4.69, 9.17) is 23.2 Å². The Kier molecular flexibility index (Phi) is 8.50. The van der Waals surface area contributed by atoms with Crippen LogP contribution in [0.15, 0.2) is 46.9 Å². The molecule has 0 aromatic carbocycles. The van der Waals surface area contributed by atoms with E-state index in [1.165, 1.54) is 0 Å². The molecule has 4 heterocycles. The molecule has 0 bridgehead atoms. The van der Waals surface area contributed by atoms with Gasteiger partial charge in [-0.05, 0) is 42.5 Å². The highest BCUT2D eigenvalue weighted by atomic mass is 35.5. The predicted octanol–water partition coefficient (Wildman–Crippen LogP) is 1.60. The van der Waals surface area contributed by atoms with Gasteiger partial charge >= 0.3 is 0 Å². The minimum Gasteiger partial charge on any atom is -0.349 e. The molecule has 2 aliphatic heterocycles. The first-order chi connectivity index (χ1) is 17.8. The second-order valence-electron chi connectivity index (χ2n) is 8.52. The molecule has 2 saturated heterocycles. The minimum absolute atomic E-state index is 0.0961. The number of pyridine rings is 2. The summed E-state index contributed by atoms with van der Waals surface area (Å²) in [5.41, 5.74) is 1.87. The molecule has 0 spiro atoms. The standard InChI is InChI=1S/C21H24Cl2N10O4/c22-18-4-2-14(10-24-18)8-16-12-26-20(28-32(34)35)30(16)6-1-7-31-17(13-27-21(31)29-33(36)37)9-15-3-5-19(23)25-11-15/h2-5,10-11,16-17H,1,6-9,12-13H2,(H,26,28)(H,27,29). The van der Waals surface area contributed by atoms with Crippen molar-refractivity contribution in [2.75, 3.05) is 26.2 Å². The normalized spacial score (nSPS) is 21.4. The van der Waals surface area contributed by atoms with Gasteiger partial charge in [0.15, 0.2) is 10.1 Å². The summed E-state index contributed by atoms with van der Waals surface area (Å²) >= 11 is 11.8. The zero-order chi connectivity index (χ0) is 26.4. The number of hydrogen-bond acceptors (Lipinski definition) is 6. The molecule has 0 aliphatic carbocycles. The van der Waals surface area contributed by atoms with Gasteiger partial charge in [-0.2, -0.15) is 0 Å². The highest BCUT2D eigenvalue weighted by molar-refractivity contribution is 6.29. The first-order valence-electron chi connectivity index (χ1n) is 11.5. The maximum Gasteiger partial charge on any atom is 0.271 e. The van der Waals surface area contributed by atoms with E-state index in [0.29, 0.717) is 55.7 Å². The number of guanidine groups is 2. The van der Waals surface area contributed by atoms with Crippen molar-refractivity contribution in [1.82, 2.24) is 30.4 Å². The molecule has 0 saturated carbocycles. The highest BCUT2D eigenvalue weighted by Crippen LogP contribution is 2.18. The summed E-state index contributed by atoms with van der Waals surface area (Å²) in [6.45, 7) is 1.81. The molecule has 196 valence electrons. The number of halogens is 2. The lowest BCUT2D eigenvalue weighted by atomic mass is 10.1. The fourth-order valence-corrected chi connectivity index (χ4v) is 4.70. The van der Waals surface area contributed by atoms with E-state index in [2.05, 4.69) is 30.8 Å². The van der Waals surface area contributed by atoms with Gasteiger partial charge < -0.3 is 20.4 Å². The lowest BCUT2D eigenvalue weighted by Crippen LogP contribution is -2.42. The lowest BCUT2D eigenvalue weighted by Gasteiger charge is -2.27. The van der Waals surface area contributed by atoms with Crippen LogP contribution in [-0.4, -0.2) is 80.0 Å². The molecule has 0 amide bonds. The molecule has 2 N–H and O–H groups in total. The molecule has 16 heteroatoms. The molecule has 37 heavy (non-hydrogen) atoms. The van der Waals surface area contributed by atoms with Crippen LogP contribution < -0.4 is 10.6 Å². The summed E-state index contributed by atoms with van der Waals surface area (Å²) in [7, 11) is 0. The van der Waals surface area contributed by atoms with Crippen molar-refractivity contribution in [2.45, 2.75) is 31.3 Å². The molecule has 2 aromatic heterocycles. The largest absolute Gasteiger partial charge is 0.349 e. The van der Waals surface area contributed by atoms with E-state index in [0.717, 1.165) is 11.1 Å². The Morgan fingerprint density at radius 2 is 1.27 bits per heavy atom. The zero-order valence-corrected chi connectivity index (χ0v) is 21.0. The van der Waals surface area contributed by atoms with Crippen molar-refractivity contribution >= 4 is 35.1 Å². The summed E-state index contributed by atoms with van der Waals surface area (Å²) < 4.78 is 0. The average molecular weight is 551 g/mol. The molecule has 4 rings (SSSR count). The SMILES string of the molecule is O=[N+]([O-])N=C1NCC(Cc2ccc(Cl)nc2)N1CCCN1C(=N[N+](=O)[O-])NCC1Cc1ccc(Cl)nc1. The van der Waals surface area contributed by atoms with Gasteiger partial charge in [0.05, 0.1) is 12.1 Å². The molecular weight excluding hydrogens is 527 g/mol. The Labute approximate surface area is 221 Å². The van der Waals surface area contributed by atoms with E-state index < -0.39 is 10.1 Å².